The van der Waals surface area contributed by atoms with E-state index in [0.29, 0.717) is 11.1 Å². The van der Waals surface area contributed by atoms with Gasteiger partial charge in [-0.3, -0.25) is 5.10 Å². The van der Waals surface area contributed by atoms with Crippen LogP contribution in [0.2, 0.25) is 0 Å². The topological polar surface area (TPSA) is 89.4 Å². The Morgan fingerprint density at radius 3 is 2.50 bits per heavy atom. The van der Waals surface area contributed by atoms with E-state index in [9.17, 15) is 10.2 Å². The summed E-state index contributed by atoms with van der Waals surface area (Å²) in [5.74, 6) is -1.23. The highest BCUT2D eigenvalue weighted by molar-refractivity contribution is 5.74. The summed E-state index contributed by atoms with van der Waals surface area (Å²) in [5.41, 5.74) is 1.05. The lowest BCUT2D eigenvalue weighted by molar-refractivity contribution is 0.369. The van der Waals surface area contributed by atoms with Crippen molar-refractivity contribution >= 4 is 0 Å². The van der Waals surface area contributed by atoms with Crippen molar-refractivity contribution in [3.8, 4) is 28.4 Å². The predicted molar refractivity (Wildman–Crippen MR) is 49.0 cm³/mol. The molecule has 0 aliphatic heterocycles. The maximum atomic E-state index is 9.50. The average molecular weight is 192 g/mol. The number of hydrogen-bond acceptors (Lipinski definition) is 4. The zero-order valence-electron chi connectivity index (χ0n) is 7.10. The SMILES string of the molecule is Oc1ccc(-c2cn[nH]c2)c(O)c1O. The molecule has 1 heterocycles. The molecular weight excluding hydrogens is 184 g/mol. The van der Waals surface area contributed by atoms with Crippen LogP contribution in [-0.2, 0) is 0 Å². The van der Waals surface area contributed by atoms with Gasteiger partial charge in [-0.05, 0) is 12.1 Å². The molecule has 0 bridgehead atoms. The maximum Gasteiger partial charge on any atom is 0.200 e. The van der Waals surface area contributed by atoms with Crippen molar-refractivity contribution in [1.29, 1.82) is 0 Å². The second kappa shape index (κ2) is 2.95. The summed E-state index contributed by atoms with van der Waals surface area (Å²) in [4.78, 5) is 0. The van der Waals surface area contributed by atoms with E-state index in [1.54, 1.807) is 6.20 Å². The van der Waals surface area contributed by atoms with E-state index in [2.05, 4.69) is 10.2 Å². The molecule has 0 aliphatic rings. The standard InChI is InChI=1S/C9H8N2O3/c12-7-2-1-6(8(13)9(7)14)5-3-10-11-4-5/h1-4,12-14H,(H,10,11). The molecular formula is C9H8N2O3. The lowest BCUT2D eigenvalue weighted by atomic mass is 10.1. The lowest BCUT2D eigenvalue weighted by Gasteiger charge is -2.04. The summed E-state index contributed by atoms with van der Waals surface area (Å²) >= 11 is 0. The Hall–Kier alpha value is -2.17. The number of nitrogens with one attached hydrogen (secondary N) is 1. The Balaban J connectivity index is 2.61. The molecule has 0 unspecified atom stereocenters. The maximum absolute atomic E-state index is 9.50. The molecule has 72 valence electrons. The van der Waals surface area contributed by atoms with Gasteiger partial charge in [0.05, 0.1) is 6.20 Å². The van der Waals surface area contributed by atoms with Crippen molar-refractivity contribution in [2.24, 2.45) is 0 Å². The van der Waals surface area contributed by atoms with Gasteiger partial charge >= 0.3 is 0 Å². The molecule has 0 amide bonds. The van der Waals surface area contributed by atoms with Crippen molar-refractivity contribution in [3.05, 3.63) is 24.5 Å². The van der Waals surface area contributed by atoms with Gasteiger partial charge in [0.2, 0.25) is 5.75 Å². The Kier molecular flexibility index (Phi) is 1.78. The molecule has 1 aromatic carbocycles. The first-order valence-electron chi connectivity index (χ1n) is 3.93. The number of benzene rings is 1. The summed E-state index contributed by atoms with van der Waals surface area (Å²) < 4.78 is 0. The number of phenols is 3. The van der Waals surface area contributed by atoms with Gasteiger partial charge in [-0.15, -0.1) is 0 Å². The van der Waals surface area contributed by atoms with Gasteiger partial charge in [0.25, 0.3) is 0 Å². The zero-order valence-corrected chi connectivity index (χ0v) is 7.10. The minimum atomic E-state index is -0.524. The molecule has 0 saturated heterocycles. The Morgan fingerprint density at radius 2 is 1.86 bits per heavy atom. The normalized spacial score (nSPS) is 10.3. The fourth-order valence-corrected chi connectivity index (χ4v) is 1.20. The van der Waals surface area contributed by atoms with E-state index in [4.69, 9.17) is 5.11 Å². The van der Waals surface area contributed by atoms with E-state index < -0.39 is 5.75 Å². The van der Waals surface area contributed by atoms with Crippen LogP contribution in [0, 0.1) is 0 Å². The first kappa shape index (κ1) is 8.43. The first-order valence-corrected chi connectivity index (χ1v) is 3.93. The number of nitrogens with zero attached hydrogens (tertiary/aromatic N) is 1. The molecule has 2 aromatic rings. The lowest BCUT2D eigenvalue weighted by Crippen LogP contribution is -1.78. The molecule has 5 nitrogen and oxygen atoms in total. The molecule has 14 heavy (non-hydrogen) atoms. The fraction of sp³-hybridized carbons (Fsp3) is 0. The monoisotopic (exact) mass is 192 g/mol. The van der Waals surface area contributed by atoms with Crippen molar-refractivity contribution in [2.75, 3.05) is 0 Å². The van der Waals surface area contributed by atoms with Crippen molar-refractivity contribution in [2.45, 2.75) is 0 Å². The minimum absolute atomic E-state index is 0.352. The number of phenolic OH excluding ortho intramolecular Hbond substituents is 3. The van der Waals surface area contributed by atoms with Crippen LogP contribution >= 0.6 is 0 Å². The number of rotatable bonds is 1. The Morgan fingerprint density at radius 1 is 1.07 bits per heavy atom. The van der Waals surface area contributed by atoms with Crippen LogP contribution in [0.1, 0.15) is 0 Å². The van der Waals surface area contributed by atoms with E-state index in [-0.39, 0.29) is 11.5 Å². The molecule has 5 heteroatoms. The van der Waals surface area contributed by atoms with Crippen LogP contribution in [-0.4, -0.2) is 25.5 Å². The van der Waals surface area contributed by atoms with Gasteiger partial charge < -0.3 is 15.3 Å². The number of aromatic amines is 1. The van der Waals surface area contributed by atoms with Crippen molar-refractivity contribution < 1.29 is 15.3 Å². The van der Waals surface area contributed by atoms with Crippen LogP contribution in [0.15, 0.2) is 24.5 Å². The van der Waals surface area contributed by atoms with Gasteiger partial charge in [-0.25, -0.2) is 0 Å². The van der Waals surface area contributed by atoms with Crippen LogP contribution in [0.25, 0.3) is 11.1 Å². The quantitative estimate of drug-likeness (QED) is 0.511. The summed E-state index contributed by atoms with van der Waals surface area (Å²) in [7, 11) is 0. The number of H-pyrrole nitrogens is 1. The summed E-state index contributed by atoms with van der Waals surface area (Å²) in [6.45, 7) is 0. The zero-order chi connectivity index (χ0) is 10.1. The van der Waals surface area contributed by atoms with Crippen LogP contribution in [0.5, 0.6) is 17.2 Å². The second-order valence-electron chi connectivity index (χ2n) is 2.82. The van der Waals surface area contributed by atoms with Gasteiger partial charge in [0.15, 0.2) is 11.5 Å². The van der Waals surface area contributed by atoms with Gasteiger partial charge in [-0.2, -0.15) is 5.10 Å². The van der Waals surface area contributed by atoms with E-state index in [1.807, 2.05) is 0 Å². The third-order valence-corrected chi connectivity index (χ3v) is 1.94. The smallest absolute Gasteiger partial charge is 0.200 e. The highest BCUT2D eigenvalue weighted by Crippen LogP contribution is 2.41. The molecule has 0 aliphatic carbocycles. The molecule has 4 N–H and O–H groups in total. The third kappa shape index (κ3) is 1.15. The fourth-order valence-electron chi connectivity index (χ4n) is 1.20. The Labute approximate surface area is 79.3 Å². The molecule has 0 spiro atoms. The van der Waals surface area contributed by atoms with Crippen LogP contribution in [0.4, 0.5) is 0 Å². The summed E-state index contributed by atoms with van der Waals surface area (Å²) in [5, 5.41) is 34.1. The molecule has 0 fully saturated rings. The molecule has 0 atom stereocenters. The highest BCUT2D eigenvalue weighted by atomic mass is 16.3. The predicted octanol–water partition coefficient (Wildman–Crippen LogP) is 1.19. The summed E-state index contributed by atoms with van der Waals surface area (Å²) in [6, 6.07) is 2.80. The highest BCUT2D eigenvalue weighted by Gasteiger charge is 2.12. The Bertz CT molecular complexity index is 451. The van der Waals surface area contributed by atoms with E-state index in [0.717, 1.165) is 0 Å². The largest absolute Gasteiger partial charge is 0.504 e. The van der Waals surface area contributed by atoms with Crippen LogP contribution in [0.3, 0.4) is 0 Å². The first-order chi connectivity index (χ1) is 6.70. The van der Waals surface area contributed by atoms with Gasteiger partial charge in [0.1, 0.15) is 0 Å². The molecule has 2 rings (SSSR count). The molecule has 1 aromatic heterocycles. The van der Waals surface area contributed by atoms with Gasteiger partial charge in [-0.1, -0.05) is 0 Å². The minimum Gasteiger partial charge on any atom is -0.504 e. The van der Waals surface area contributed by atoms with E-state index >= 15 is 0 Å². The number of aromatic nitrogens is 2. The van der Waals surface area contributed by atoms with Crippen molar-refractivity contribution in [1.82, 2.24) is 10.2 Å². The number of hydrogen-bond donors (Lipinski definition) is 4. The van der Waals surface area contributed by atoms with E-state index in [1.165, 1.54) is 18.3 Å². The average Bonchev–Trinajstić information content (AvgIpc) is 2.67. The summed E-state index contributed by atoms with van der Waals surface area (Å²) in [6.07, 6.45) is 3.08. The van der Waals surface area contributed by atoms with Gasteiger partial charge in [0, 0.05) is 17.3 Å². The third-order valence-electron chi connectivity index (χ3n) is 1.94. The number of aromatic hydroxyl groups is 3. The molecule has 0 saturated carbocycles. The van der Waals surface area contributed by atoms with Crippen molar-refractivity contribution in [3.63, 3.8) is 0 Å². The van der Waals surface area contributed by atoms with Crippen LogP contribution < -0.4 is 0 Å². The second-order valence-corrected chi connectivity index (χ2v) is 2.82. The molecule has 0 radical (unpaired) electrons.